The smallest absolute Gasteiger partial charge is 0.373 e. The number of rotatable bonds is 5. The van der Waals surface area contributed by atoms with E-state index in [9.17, 15) is 13.2 Å². The van der Waals surface area contributed by atoms with Crippen molar-refractivity contribution in [2.75, 3.05) is 13.1 Å². The fourth-order valence-corrected chi connectivity index (χ4v) is 10.9. The molecular formula is C33H33F4N6OP. The number of alkyl halides is 3. The number of morpholine rings is 1. The number of ether oxygens (including phenoxy) is 1. The normalized spacial score (nSPS) is 23.9. The van der Waals surface area contributed by atoms with Gasteiger partial charge in [-0.1, -0.05) is 42.5 Å². The molecular weight excluding hydrogens is 603 g/mol. The summed E-state index contributed by atoms with van der Waals surface area (Å²) in [7, 11) is -3.40. The molecule has 4 aromatic rings. The summed E-state index contributed by atoms with van der Waals surface area (Å²) in [5, 5.41) is 5.62. The van der Waals surface area contributed by atoms with Crippen molar-refractivity contribution in [3.8, 4) is 5.69 Å². The molecule has 3 heterocycles. The molecule has 7 nitrogen and oxygen atoms in total. The van der Waals surface area contributed by atoms with Crippen LogP contribution < -0.4 is 5.30 Å². The molecule has 0 N–H and O–H groups in total. The second-order valence-corrected chi connectivity index (χ2v) is 14.6. The number of fused-ring (bicyclic) bond motifs is 1. The molecule has 7 rings (SSSR count). The van der Waals surface area contributed by atoms with Crippen LogP contribution in [0.15, 0.2) is 88.6 Å². The van der Waals surface area contributed by atoms with Crippen LogP contribution in [-0.4, -0.2) is 56.3 Å². The van der Waals surface area contributed by atoms with Gasteiger partial charge in [0, 0.05) is 19.1 Å². The highest BCUT2D eigenvalue weighted by Gasteiger charge is 2.53. The largest absolute Gasteiger partial charge is 0.418 e. The summed E-state index contributed by atoms with van der Waals surface area (Å²) in [5.74, 6) is 0.334. The van der Waals surface area contributed by atoms with Gasteiger partial charge in [0.05, 0.1) is 45.7 Å². The Balaban J connectivity index is 1.65. The second kappa shape index (κ2) is 11.2. The summed E-state index contributed by atoms with van der Waals surface area (Å²) in [6.45, 7) is 6.61. The highest BCUT2D eigenvalue weighted by atomic mass is 31.2. The van der Waals surface area contributed by atoms with Crippen molar-refractivity contribution in [2.45, 2.75) is 58.0 Å². The monoisotopic (exact) mass is 636 g/mol. The van der Waals surface area contributed by atoms with Crippen LogP contribution >= 0.6 is 7.36 Å². The molecule has 1 aromatic heterocycles. The zero-order chi connectivity index (χ0) is 31.5. The van der Waals surface area contributed by atoms with Gasteiger partial charge < -0.3 is 9.41 Å². The average Bonchev–Trinajstić information content (AvgIpc) is 3.78. The number of amidine groups is 1. The van der Waals surface area contributed by atoms with Gasteiger partial charge in [-0.25, -0.2) is 23.5 Å². The van der Waals surface area contributed by atoms with Gasteiger partial charge in [0.1, 0.15) is 11.7 Å². The molecule has 0 spiro atoms. The minimum absolute atomic E-state index is 0.0976. The molecule has 3 aliphatic rings. The third kappa shape index (κ3) is 5.20. The quantitative estimate of drug-likeness (QED) is 0.165. The van der Waals surface area contributed by atoms with Crippen molar-refractivity contribution in [2.24, 2.45) is 9.74 Å². The Bertz CT molecular complexity index is 1820. The Hall–Kier alpha value is -3.79. The molecule has 1 aliphatic carbocycles. The lowest BCUT2D eigenvalue weighted by Gasteiger charge is -2.50. The summed E-state index contributed by atoms with van der Waals surface area (Å²) in [4.78, 5) is 5.15. The zero-order valence-electron chi connectivity index (χ0n) is 25.1. The Morgan fingerprint density at radius 1 is 0.889 bits per heavy atom. The lowest BCUT2D eigenvalue weighted by atomic mass is 10.2. The topological polar surface area (TPSA) is 58.3 Å². The Labute approximate surface area is 259 Å². The van der Waals surface area contributed by atoms with E-state index in [4.69, 9.17) is 19.6 Å². The van der Waals surface area contributed by atoms with Crippen molar-refractivity contribution in [1.29, 1.82) is 0 Å². The van der Waals surface area contributed by atoms with Gasteiger partial charge in [0.2, 0.25) is 0 Å². The van der Waals surface area contributed by atoms with Crippen molar-refractivity contribution in [3.05, 3.63) is 102 Å². The molecule has 0 amide bonds. The van der Waals surface area contributed by atoms with Crippen LogP contribution in [0.4, 0.5) is 29.1 Å². The van der Waals surface area contributed by atoms with Crippen LogP contribution in [0.2, 0.25) is 0 Å². The molecule has 1 saturated heterocycles. The van der Waals surface area contributed by atoms with Crippen LogP contribution in [0, 0.1) is 12.7 Å². The van der Waals surface area contributed by atoms with Gasteiger partial charge in [-0.2, -0.15) is 18.3 Å². The van der Waals surface area contributed by atoms with E-state index >= 15 is 4.39 Å². The number of benzene rings is 3. The number of halogens is 4. The third-order valence-electron chi connectivity index (χ3n) is 8.29. The predicted molar refractivity (Wildman–Crippen MR) is 167 cm³/mol. The molecule has 0 unspecified atom stereocenters. The van der Waals surface area contributed by atoms with Crippen molar-refractivity contribution >= 4 is 30.0 Å². The number of hydrogen-bond donors (Lipinski definition) is 0. The SMILES string of the molecule is Cc1nn(-c2ccccc2)c2c1[P@](=Nc1ccccc1C(F)(F)F)(N1C[C@H](C)O[C@@H](C)C1)N(C1CC1)C(c1ccccc1F)=N2. The first kappa shape index (κ1) is 29.9. The van der Waals surface area contributed by atoms with Crippen molar-refractivity contribution in [3.63, 3.8) is 0 Å². The number of aromatic nitrogens is 2. The van der Waals surface area contributed by atoms with Crippen LogP contribution in [0.5, 0.6) is 0 Å². The molecule has 234 valence electrons. The zero-order valence-corrected chi connectivity index (χ0v) is 26.0. The number of nitrogens with zero attached hydrogens (tertiary/aromatic N) is 6. The van der Waals surface area contributed by atoms with Gasteiger partial charge in [-0.15, -0.1) is 0 Å². The standard InChI is InChI=1S/C33H33F4N6OP/c1-21-19-41(20-22(2)44-21)45(40-29-16-10-8-14-27(29)33(35,36)37)30-23(3)39-42(24-11-5-4-6-12-24)32(30)38-31(43(45)25-17-18-25)26-13-7-9-15-28(26)34/h4-16,21-22,25H,17-20H2,1-3H3/t21-,22-,45-/m0/s1. The van der Waals surface area contributed by atoms with Gasteiger partial charge in [-0.05, 0) is 70.0 Å². The average molecular weight is 637 g/mol. The fraction of sp³-hybridized carbons (Fsp3) is 0.333. The summed E-state index contributed by atoms with van der Waals surface area (Å²) in [6, 6.07) is 21.2. The van der Waals surface area contributed by atoms with Crippen LogP contribution in [0.3, 0.4) is 0 Å². The maximum absolute atomic E-state index is 15.8. The first-order chi connectivity index (χ1) is 21.6. The number of hydrogen-bond acceptors (Lipinski definition) is 4. The summed E-state index contributed by atoms with van der Waals surface area (Å²) in [6.07, 6.45) is -3.51. The van der Waals surface area contributed by atoms with E-state index in [1.807, 2.05) is 51.1 Å². The summed E-state index contributed by atoms with van der Waals surface area (Å²) in [5.41, 5.74) is 0.633. The van der Waals surface area contributed by atoms with E-state index in [0.29, 0.717) is 35.7 Å². The van der Waals surface area contributed by atoms with Gasteiger partial charge >= 0.3 is 6.18 Å². The van der Waals surface area contributed by atoms with E-state index in [1.165, 1.54) is 18.2 Å². The van der Waals surface area contributed by atoms with E-state index in [0.717, 1.165) is 24.6 Å². The van der Waals surface area contributed by atoms with Gasteiger partial charge in [0.25, 0.3) is 0 Å². The molecule has 3 aromatic carbocycles. The molecule has 2 aliphatic heterocycles. The summed E-state index contributed by atoms with van der Waals surface area (Å²) < 4.78 is 76.9. The highest BCUT2D eigenvalue weighted by Crippen LogP contribution is 2.66. The summed E-state index contributed by atoms with van der Waals surface area (Å²) >= 11 is 0. The molecule has 3 atom stereocenters. The maximum atomic E-state index is 15.8. The van der Waals surface area contributed by atoms with Crippen LogP contribution in [0.1, 0.15) is 43.5 Å². The van der Waals surface area contributed by atoms with E-state index in [2.05, 4.69) is 9.34 Å². The Morgan fingerprint density at radius 3 is 2.20 bits per heavy atom. The van der Waals surface area contributed by atoms with Gasteiger partial charge in [-0.3, -0.25) is 0 Å². The second-order valence-electron chi connectivity index (χ2n) is 11.8. The minimum atomic E-state index is -4.63. The van der Waals surface area contributed by atoms with Gasteiger partial charge in [0.15, 0.2) is 13.2 Å². The lowest BCUT2D eigenvalue weighted by molar-refractivity contribution is -0.137. The third-order valence-corrected chi connectivity index (χ3v) is 12.1. The number of aliphatic imine (C=N–C) groups is 1. The molecule has 0 radical (unpaired) electrons. The highest BCUT2D eigenvalue weighted by molar-refractivity contribution is 7.70. The predicted octanol–water partition coefficient (Wildman–Crippen LogP) is 7.99. The molecule has 12 heteroatoms. The number of para-hydroxylation sites is 1. The van der Waals surface area contributed by atoms with Crippen LogP contribution in [-0.2, 0) is 10.9 Å². The molecule has 45 heavy (non-hydrogen) atoms. The lowest BCUT2D eigenvalue weighted by Crippen LogP contribution is -2.51. The maximum Gasteiger partial charge on any atom is 0.418 e. The van der Waals surface area contributed by atoms with Crippen molar-refractivity contribution < 1.29 is 22.3 Å². The molecule has 0 bridgehead atoms. The minimum Gasteiger partial charge on any atom is -0.373 e. The van der Waals surface area contributed by atoms with E-state index in [-0.39, 0.29) is 29.5 Å². The first-order valence-corrected chi connectivity index (χ1v) is 16.7. The number of aryl methyl sites for hydroxylation is 1. The van der Waals surface area contributed by atoms with Crippen LogP contribution in [0.25, 0.3) is 5.69 Å². The Kier molecular flexibility index (Phi) is 7.46. The van der Waals surface area contributed by atoms with Crippen molar-refractivity contribution in [1.82, 2.24) is 19.1 Å². The first-order valence-electron chi connectivity index (χ1n) is 15.1. The fourth-order valence-electron chi connectivity index (χ4n) is 6.41. The molecule has 1 saturated carbocycles. The Morgan fingerprint density at radius 2 is 1.53 bits per heavy atom. The van der Waals surface area contributed by atoms with E-state index in [1.54, 1.807) is 28.9 Å². The van der Waals surface area contributed by atoms with E-state index < -0.39 is 24.9 Å². The molecule has 2 fully saturated rings.